The molecule has 0 aliphatic heterocycles. The van der Waals surface area contributed by atoms with Crippen molar-refractivity contribution in [2.24, 2.45) is 0 Å². The van der Waals surface area contributed by atoms with Gasteiger partial charge in [0.05, 0.1) is 44.4 Å². The molecule has 0 spiro atoms. The molecule has 25 heavy (non-hydrogen) atoms. The highest BCUT2D eigenvalue weighted by molar-refractivity contribution is 7.53. The number of pyridine rings is 1. The first kappa shape index (κ1) is 22.5. The molecule has 144 valence electrons. The van der Waals surface area contributed by atoms with E-state index < -0.39 is 15.2 Å². The van der Waals surface area contributed by atoms with E-state index in [1.54, 1.807) is 33.8 Å². The molecule has 0 atom stereocenters. The zero-order valence-electron chi connectivity index (χ0n) is 15.7. The van der Waals surface area contributed by atoms with Crippen LogP contribution in [-0.2, 0) is 39.5 Å². The smallest absolute Gasteiger partial charge is 0.309 e. The lowest BCUT2D eigenvalue weighted by Gasteiger charge is -2.19. The minimum atomic E-state index is -3.21. The van der Waals surface area contributed by atoms with Crippen LogP contribution in [-0.4, -0.2) is 31.4 Å². The van der Waals surface area contributed by atoms with Crippen LogP contribution in [0.2, 0.25) is 0 Å². The van der Waals surface area contributed by atoms with Gasteiger partial charge < -0.3 is 18.1 Å². The Balaban J connectivity index is 2.96. The fraction of sp³-hybridized carbons (Fsp3) is 0.688. The molecule has 0 unspecified atom stereocenters. The predicted octanol–water partition coefficient (Wildman–Crippen LogP) is 4.92. The van der Waals surface area contributed by atoms with Crippen molar-refractivity contribution in [3.8, 4) is 0 Å². The maximum Gasteiger partial charge on any atom is 0.336 e. The predicted molar refractivity (Wildman–Crippen MR) is 98.1 cm³/mol. The van der Waals surface area contributed by atoms with E-state index in [0.29, 0.717) is 37.8 Å². The summed E-state index contributed by atoms with van der Waals surface area (Å²) in [6, 6.07) is 3.56. The maximum atomic E-state index is 12.7. The quantitative estimate of drug-likeness (QED) is 0.466. The molecule has 7 nitrogen and oxygen atoms in total. The van der Waals surface area contributed by atoms with Gasteiger partial charge in [0, 0.05) is 5.69 Å². The standard InChI is InChI=1S/C16H29NO6P2/c1-6-20-24(18,21-7-2)12-15-10-11-16(17-14(15)5)13-25(19,22-8-3)23-9-4/h10-11H,6-9,12-13H2,1-5H3. The van der Waals surface area contributed by atoms with Gasteiger partial charge in [0.15, 0.2) is 0 Å². The van der Waals surface area contributed by atoms with Crippen molar-refractivity contribution in [3.63, 3.8) is 0 Å². The van der Waals surface area contributed by atoms with Gasteiger partial charge in [-0.25, -0.2) is 0 Å². The van der Waals surface area contributed by atoms with Gasteiger partial charge in [0.1, 0.15) is 0 Å². The van der Waals surface area contributed by atoms with Crippen LogP contribution in [0.25, 0.3) is 0 Å². The zero-order valence-corrected chi connectivity index (χ0v) is 17.5. The Morgan fingerprint density at radius 2 is 1.24 bits per heavy atom. The van der Waals surface area contributed by atoms with E-state index in [1.165, 1.54) is 0 Å². The summed E-state index contributed by atoms with van der Waals surface area (Å²) in [7, 11) is -6.39. The van der Waals surface area contributed by atoms with Crippen LogP contribution in [0.15, 0.2) is 12.1 Å². The molecule has 0 amide bonds. The topological polar surface area (TPSA) is 84.0 Å². The molecular formula is C16H29NO6P2. The second kappa shape index (κ2) is 10.6. The lowest BCUT2D eigenvalue weighted by molar-refractivity contribution is 0.217. The van der Waals surface area contributed by atoms with Crippen molar-refractivity contribution in [1.82, 2.24) is 4.98 Å². The van der Waals surface area contributed by atoms with Crippen molar-refractivity contribution in [3.05, 3.63) is 29.1 Å². The fourth-order valence-corrected chi connectivity index (χ4v) is 5.76. The molecule has 0 aromatic carbocycles. The van der Waals surface area contributed by atoms with Crippen LogP contribution in [0.1, 0.15) is 44.6 Å². The van der Waals surface area contributed by atoms with Gasteiger partial charge in [0.2, 0.25) is 0 Å². The van der Waals surface area contributed by atoms with E-state index in [0.717, 1.165) is 5.56 Å². The number of aromatic nitrogens is 1. The molecule has 0 fully saturated rings. The fourth-order valence-electron chi connectivity index (χ4n) is 2.35. The Morgan fingerprint density at radius 3 is 1.64 bits per heavy atom. The average Bonchev–Trinajstić information content (AvgIpc) is 2.51. The first-order valence-electron chi connectivity index (χ1n) is 8.53. The van der Waals surface area contributed by atoms with Gasteiger partial charge in [-0.1, -0.05) is 6.07 Å². The maximum absolute atomic E-state index is 12.7. The Labute approximate surface area is 150 Å². The second-order valence-corrected chi connectivity index (χ2v) is 9.37. The van der Waals surface area contributed by atoms with Crippen LogP contribution in [0.3, 0.4) is 0 Å². The molecule has 0 N–H and O–H groups in total. The normalized spacial score (nSPS) is 12.5. The molecule has 0 saturated heterocycles. The van der Waals surface area contributed by atoms with E-state index in [2.05, 4.69) is 4.98 Å². The highest BCUT2D eigenvalue weighted by Crippen LogP contribution is 2.52. The average molecular weight is 393 g/mol. The van der Waals surface area contributed by atoms with E-state index in [-0.39, 0.29) is 12.3 Å². The van der Waals surface area contributed by atoms with Gasteiger partial charge >= 0.3 is 15.2 Å². The summed E-state index contributed by atoms with van der Waals surface area (Å²) in [5.41, 5.74) is 2.07. The monoisotopic (exact) mass is 393 g/mol. The third kappa shape index (κ3) is 7.30. The highest BCUT2D eigenvalue weighted by atomic mass is 31.2. The molecular weight excluding hydrogens is 364 g/mol. The molecule has 1 heterocycles. The summed E-state index contributed by atoms with van der Waals surface area (Å²) < 4.78 is 46.5. The van der Waals surface area contributed by atoms with Crippen molar-refractivity contribution in [2.75, 3.05) is 26.4 Å². The zero-order chi connectivity index (χ0) is 18.9. The van der Waals surface area contributed by atoms with E-state index >= 15 is 0 Å². The van der Waals surface area contributed by atoms with E-state index in [1.807, 2.05) is 13.0 Å². The van der Waals surface area contributed by atoms with Crippen LogP contribution in [0.5, 0.6) is 0 Å². The Bertz CT molecular complexity index is 617. The van der Waals surface area contributed by atoms with Crippen LogP contribution >= 0.6 is 15.2 Å². The van der Waals surface area contributed by atoms with Crippen molar-refractivity contribution in [1.29, 1.82) is 0 Å². The molecule has 9 heteroatoms. The van der Waals surface area contributed by atoms with Gasteiger partial charge in [-0.05, 0) is 46.2 Å². The van der Waals surface area contributed by atoms with Crippen LogP contribution in [0, 0.1) is 6.92 Å². The molecule has 0 radical (unpaired) electrons. The number of hydrogen-bond donors (Lipinski definition) is 0. The third-order valence-electron chi connectivity index (χ3n) is 3.28. The molecule has 0 aliphatic rings. The highest BCUT2D eigenvalue weighted by Gasteiger charge is 2.27. The Kier molecular flexibility index (Phi) is 9.50. The first-order chi connectivity index (χ1) is 11.8. The first-order valence-corrected chi connectivity index (χ1v) is 12.0. The lowest BCUT2D eigenvalue weighted by Crippen LogP contribution is -2.04. The summed E-state index contributed by atoms with van der Waals surface area (Å²) in [6.45, 7) is 10.1. The van der Waals surface area contributed by atoms with E-state index in [4.69, 9.17) is 18.1 Å². The molecule has 1 aromatic heterocycles. The minimum Gasteiger partial charge on any atom is -0.309 e. The number of hydrogen-bond acceptors (Lipinski definition) is 7. The van der Waals surface area contributed by atoms with Crippen molar-refractivity contribution < 1.29 is 27.2 Å². The molecule has 0 saturated carbocycles. The van der Waals surface area contributed by atoms with Crippen LogP contribution in [0.4, 0.5) is 0 Å². The summed E-state index contributed by atoms with van der Waals surface area (Å²) in [5, 5.41) is 0. The Hall–Kier alpha value is -0.550. The van der Waals surface area contributed by atoms with Crippen molar-refractivity contribution in [2.45, 2.75) is 46.9 Å². The number of rotatable bonds is 12. The van der Waals surface area contributed by atoms with Gasteiger partial charge in [0.25, 0.3) is 0 Å². The molecule has 0 aliphatic carbocycles. The molecule has 0 bridgehead atoms. The molecule has 1 aromatic rings. The summed E-state index contributed by atoms with van der Waals surface area (Å²) in [5.74, 6) is 0. The summed E-state index contributed by atoms with van der Waals surface area (Å²) in [4.78, 5) is 4.46. The SMILES string of the molecule is CCOP(=O)(Cc1ccc(CP(=O)(OCC)OCC)c(C)n1)OCC. The van der Waals surface area contributed by atoms with Crippen molar-refractivity contribution >= 4 is 15.2 Å². The lowest BCUT2D eigenvalue weighted by atomic mass is 10.2. The van der Waals surface area contributed by atoms with Gasteiger partial charge in [-0.3, -0.25) is 14.1 Å². The third-order valence-corrected chi connectivity index (χ3v) is 7.32. The second-order valence-electron chi connectivity index (χ2n) is 5.26. The summed E-state index contributed by atoms with van der Waals surface area (Å²) >= 11 is 0. The Morgan fingerprint density at radius 1 is 0.800 bits per heavy atom. The minimum absolute atomic E-state index is 0.102. The van der Waals surface area contributed by atoms with Gasteiger partial charge in [-0.2, -0.15) is 0 Å². The van der Waals surface area contributed by atoms with E-state index in [9.17, 15) is 9.13 Å². The van der Waals surface area contributed by atoms with Gasteiger partial charge in [-0.15, -0.1) is 0 Å². The van der Waals surface area contributed by atoms with Crippen LogP contribution < -0.4 is 0 Å². The largest absolute Gasteiger partial charge is 0.336 e. The number of nitrogens with zero attached hydrogens (tertiary/aromatic N) is 1. The molecule has 1 rings (SSSR count). The summed E-state index contributed by atoms with van der Waals surface area (Å²) in [6.07, 6.45) is 0.257. The number of aryl methyl sites for hydroxylation is 1.